The number of halogens is 2. The van der Waals surface area contributed by atoms with Crippen LogP contribution in [0.3, 0.4) is 0 Å². The van der Waals surface area contributed by atoms with Gasteiger partial charge in [0.1, 0.15) is 41.1 Å². The van der Waals surface area contributed by atoms with Crippen molar-refractivity contribution in [1.82, 2.24) is 0 Å². The van der Waals surface area contributed by atoms with Crippen LogP contribution < -0.4 is 0 Å². The van der Waals surface area contributed by atoms with E-state index in [2.05, 4.69) is 0 Å². The van der Waals surface area contributed by atoms with Crippen LogP contribution in [0.25, 0.3) is 0 Å². The topological polar surface area (TPSA) is 251 Å². The first kappa shape index (κ1) is 55.2. The van der Waals surface area contributed by atoms with Crippen LogP contribution in [0.4, 0.5) is 0 Å². The van der Waals surface area contributed by atoms with Crippen LogP contribution in [-0.2, 0) is 39.6 Å². The number of esters is 2. The number of aliphatic hydroxyl groups excluding tert-OH is 6. The van der Waals surface area contributed by atoms with Crippen molar-refractivity contribution in [2.24, 2.45) is 11.8 Å². The highest BCUT2D eigenvalue weighted by molar-refractivity contribution is 6.39. The SMILES string of the molecule is CCc1c(Cl)c(O)c(Cl)c(O)c1C(=O)O[C@@H]1[C@@H](O)[C@@H](C)[C@@H](OC/C2=C\C=C\C[C@H](O)/C(C)=C/[C@H](CC)[C@@H](O[C@@H]3OC(C)(C)[C@@H](O)[C@H](O)[C@@H]3O)/C(C)=C/C(C)=C/CC([C@@H](C)O)OC2=O)O[C@H]1C. The van der Waals surface area contributed by atoms with Gasteiger partial charge in [0.15, 0.2) is 30.2 Å². The maximum atomic E-state index is 13.8. The molecule has 3 heterocycles. The number of rotatable bonds is 10. The first-order valence-corrected chi connectivity index (χ1v) is 23.0. The molecule has 370 valence electrons. The largest absolute Gasteiger partial charge is 0.505 e. The maximum Gasteiger partial charge on any atom is 0.342 e. The van der Waals surface area contributed by atoms with Crippen LogP contribution in [0.2, 0.25) is 10.0 Å². The molecular weight excluding hydrogens is 903 g/mol. The quantitative estimate of drug-likeness (QED) is 0.104. The lowest BCUT2D eigenvalue weighted by Crippen LogP contribution is -2.63. The smallest absolute Gasteiger partial charge is 0.342 e. The zero-order valence-corrected chi connectivity index (χ0v) is 40.7. The van der Waals surface area contributed by atoms with E-state index in [0.29, 0.717) is 17.6 Å². The van der Waals surface area contributed by atoms with E-state index in [4.69, 9.17) is 51.6 Å². The number of hydrogen-bond acceptors (Lipinski definition) is 16. The standard InChI is InChI=1S/C48H68Cl2O16/c1-11-28-20-23(4)31(52)16-14-13-15-29(21-61-46-25(6)36(53)42(27(8)62-46)64-45(60)33-30(12-2)34(49)38(55)35(50)37(33)54)44(59)63-32(26(7)51)18-17-22(3)19-24(5)41(28)65-47-40(57)39(56)43(58)48(9,10)66-47/h13-15,17,19-20,25-28,31-32,36,39-43,46-47,51-58H,11-12,16,18,21H2,1-10H3/b14-13+,22-17+,23-20+,24-19+,29-15+/t25-,26-,27+,28+,31+,32?,36+,39-,40+,41+,42+,43+,46+,47-/m1/s1. The van der Waals surface area contributed by atoms with Crippen LogP contribution in [0.15, 0.2) is 58.7 Å². The van der Waals surface area contributed by atoms with E-state index in [1.807, 2.05) is 32.9 Å². The van der Waals surface area contributed by atoms with Crippen molar-refractivity contribution in [2.45, 2.75) is 174 Å². The molecule has 3 aliphatic heterocycles. The molecule has 66 heavy (non-hydrogen) atoms. The first-order valence-electron chi connectivity index (χ1n) is 22.3. The minimum absolute atomic E-state index is 0.0188. The molecule has 18 heteroatoms. The van der Waals surface area contributed by atoms with Gasteiger partial charge in [0.25, 0.3) is 0 Å². The van der Waals surface area contributed by atoms with Crippen molar-refractivity contribution in [3.05, 3.63) is 79.9 Å². The summed E-state index contributed by atoms with van der Waals surface area (Å²) in [6, 6.07) is 0. The Kier molecular flexibility index (Phi) is 19.9. The number of aliphatic hydroxyl groups is 6. The van der Waals surface area contributed by atoms with Gasteiger partial charge in [0, 0.05) is 18.3 Å². The second-order valence-corrected chi connectivity index (χ2v) is 18.7. The lowest BCUT2D eigenvalue weighted by atomic mass is 9.88. The summed E-state index contributed by atoms with van der Waals surface area (Å²) in [7, 11) is 0. The lowest BCUT2D eigenvalue weighted by Gasteiger charge is -2.46. The van der Waals surface area contributed by atoms with Crippen molar-refractivity contribution in [3.63, 3.8) is 0 Å². The van der Waals surface area contributed by atoms with Crippen molar-refractivity contribution in [3.8, 4) is 11.5 Å². The predicted molar refractivity (Wildman–Crippen MR) is 245 cm³/mol. The van der Waals surface area contributed by atoms with E-state index in [-0.39, 0.29) is 53.5 Å². The van der Waals surface area contributed by atoms with Crippen molar-refractivity contribution in [2.75, 3.05) is 6.61 Å². The zero-order valence-electron chi connectivity index (χ0n) is 39.2. The first-order chi connectivity index (χ1) is 30.9. The Morgan fingerprint density at radius 2 is 1.61 bits per heavy atom. The fourth-order valence-corrected chi connectivity index (χ4v) is 8.66. The summed E-state index contributed by atoms with van der Waals surface area (Å²) >= 11 is 12.2. The summed E-state index contributed by atoms with van der Waals surface area (Å²) in [5.74, 6) is -4.38. The molecule has 0 amide bonds. The molecule has 8 N–H and O–H groups in total. The van der Waals surface area contributed by atoms with Crippen molar-refractivity contribution >= 4 is 35.1 Å². The third kappa shape index (κ3) is 13.0. The molecule has 1 aromatic carbocycles. The molecule has 16 nitrogen and oxygen atoms in total. The van der Waals surface area contributed by atoms with Gasteiger partial charge in [0.2, 0.25) is 0 Å². The molecule has 1 unspecified atom stereocenters. The Morgan fingerprint density at radius 1 is 0.939 bits per heavy atom. The van der Waals surface area contributed by atoms with Crippen LogP contribution in [0, 0.1) is 11.8 Å². The fraction of sp³-hybridized carbons (Fsp3) is 0.625. The molecule has 2 fully saturated rings. The molecule has 14 atom stereocenters. The van der Waals surface area contributed by atoms with Gasteiger partial charge >= 0.3 is 11.9 Å². The van der Waals surface area contributed by atoms with E-state index in [1.165, 1.54) is 19.9 Å². The second kappa shape index (κ2) is 23.8. The summed E-state index contributed by atoms with van der Waals surface area (Å²) in [5, 5.41) is 85.6. The summed E-state index contributed by atoms with van der Waals surface area (Å²) in [4.78, 5) is 27.3. The van der Waals surface area contributed by atoms with E-state index >= 15 is 0 Å². The number of benzene rings is 1. The van der Waals surface area contributed by atoms with Gasteiger partial charge in [0.05, 0.1) is 47.2 Å². The molecule has 0 saturated carbocycles. The molecule has 2 saturated heterocycles. The minimum atomic E-state index is -1.56. The van der Waals surface area contributed by atoms with Crippen LogP contribution >= 0.6 is 23.2 Å². The Balaban J connectivity index is 1.58. The summed E-state index contributed by atoms with van der Waals surface area (Å²) in [5.41, 5.74) is 0.552. The number of carbonyl (C=O) groups excluding carboxylic acids is 2. The number of hydrogen-bond donors (Lipinski definition) is 8. The zero-order chi connectivity index (χ0) is 49.5. The molecule has 1 aromatic rings. The van der Waals surface area contributed by atoms with Gasteiger partial charge < -0.3 is 69.3 Å². The van der Waals surface area contributed by atoms with E-state index in [1.54, 1.807) is 52.8 Å². The van der Waals surface area contributed by atoms with Gasteiger partial charge in [-0.05, 0) is 90.5 Å². The maximum absolute atomic E-state index is 13.8. The number of phenols is 2. The Morgan fingerprint density at radius 3 is 2.23 bits per heavy atom. The summed E-state index contributed by atoms with van der Waals surface area (Å²) in [6.45, 7) is 16.4. The average Bonchev–Trinajstić information content (AvgIpc) is 3.26. The molecule has 3 aliphatic rings. The molecule has 4 rings (SSSR count). The highest BCUT2D eigenvalue weighted by atomic mass is 35.5. The third-order valence-corrected chi connectivity index (χ3v) is 13.2. The summed E-state index contributed by atoms with van der Waals surface area (Å²) in [6.07, 6.45) is -3.16. The van der Waals surface area contributed by atoms with Gasteiger partial charge in [-0.25, -0.2) is 9.59 Å². The number of cyclic esters (lactones) is 1. The van der Waals surface area contributed by atoms with Crippen LogP contribution in [0.5, 0.6) is 11.5 Å². The number of carbonyl (C=O) groups is 2. The van der Waals surface area contributed by atoms with E-state index < -0.39 is 114 Å². The Labute approximate surface area is 396 Å². The van der Waals surface area contributed by atoms with E-state index in [0.717, 1.165) is 5.57 Å². The van der Waals surface area contributed by atoms with Crippen molar-refractivity contribution in [1.29, 1.82) is 0 Å². The molecule has 0 spiro atoms. The Hall–Kier alpha value is -3.36. The van der Waals surface area contributed by atoms with E-state index in [9.17, 15) is 50.4 Å². The van der Waals surface area contributed by atoms with Gasteiger partial charge in [-0.15, -0.1) is 0 Å². The molecule has 0 aromatic heterocycles. The normalized spacial score (nSPS) is 36.9. The predicted octanol–water partition coefficient (Wildman–Crippen LogP) is 5.65. The molecule has 0 bridgehead atoms. The Bertz CT molecular complexity index is 2030. The number of aromatic hydroxyl groups is 2. The minimum Gasteiger partial charge on any atom is -0.505 e. The van der Waals surface area contributed by atoms with Gasteiger partial charge in [-0.3, -0.25) is 0 Å². The fourth-order valence-electron chi connectivity index (χ4n) is 8.10. The third-order valence-electron chi connectivity index (χ3n) is 12.4. The average molecular weight is 972 g/mol. The van der Waals surface area contributed by atoms with Gasteiger partial charge in [-0.2, -0.15) is 0 Å². The second-order valence-electron chi connectivity index (χ2n) is 18.0. The van der Waals surface area contributed by atoms with Gasteiger partial charge in [-0.1, -0.05) is 79.9 Å². The summed E-state index contributed by atoms with van der Waals surface area (Å²) < 4.78 is 36.0. The highest BCUT2D eigenvalue weighted by Gasteiger charge is 2.50. The van der Waals surface area contributed by atoms with Crippen LogP contribution in [-0.4, -0.2) is 139 Å². The number of ether oxygens (including phenoxy) is 6. The van der Waals surface area contributed by atoms with Crippen molar-refractivity contribution < 1.29 is 78.9 Å². The number of phenolic OH excluding ortho intramolecular Hbond substituents is 2. The number of allylic oxidation sites excluding steroid dienone is 4. The molecular formula is C48H68Cl2O16. The molecule has 0 radical (unpaired) electrons. The lowest BCUT2D eigenvalue weighted by molar-refractivity contribution is -0.331. The monoisotopic (exact) mass is 970 g/mol. The highest BCUT2D eigenvalue weighted by Crippen LogP contribution is 2.45. The van der Waals surface area contributed by atoms with Crippen LogP contribution in [0.1, 0.15) is 104 Å². The molecule has 0 aliphatic carbocycles.